The van der Waals surface area contributed by atoms with Crippen molar-refractivity contribution in [3.8, 4) is 0 Å². The monoisotopic (exact) mass is 305 g/mol. The molecule has 20 heavy (non-hydrogen) atoms. The van der Waals surface area contributed by atoms with Gasteiger partial charge in [-0.15, -0.1) is 0 Å². The molecule has 3 N–H and O–H groups in total. The highest BCUT2D eigenvalue weighted by Gasteiger charge is 2.25. The Hall–Kier alpha value is -1.58. The second-order valence-corrected chi connectivity index (χ2v) is 6.29. The zero-order chi connectivity index (χ0) is 15.5. The molecule has 0 aromatic heterocycles. The van der Waals surface area contributed by atoms with Crippen LogP contribution in [0.2, 0.25) is 0 Å². The predicted octanol–water partition coefficient (Wildman–Crippen LogP) is 0.996. The van der Waals surface area contributed by atoms with Crippen LogP contribution in [0.25, 0.3) is 0 Å². The van der Waals surface area contributed by atoms with Crippen molar-refractivity contribution in [2.24, 2.45) is 11.7 Å². The summed E-state index contributed by atoms with van der Waals surface area (Å²) in [4.78, 5) is 9.27. The lowest BCUT2D eigenvalue weighted by Gasteiger charge is -2.20. The first kappa shape index (κ1) is 16.5. The normalized spacial score (nSPS) is 13.4. The minimum absolute atomic E-state index is 0.0507. The lowest BCUT2D eigenvalue weighted by molar-refractivity contribution is -0.387. The molecule has 0 heterocycles. The van der Waals surface area contributed by atoms with Crippen LogP contribution >= 0.6 is 0 Å². The molecule has 0 fully saturated rings. The number of nitrogens with zero attached hydrogens (tertiary/aromatic N) is 1. The van der Waals surface area contributed by atoms with Gasteiger partial charge in [0.1, 0.15) is 0 Å². The summed E-state index contributed by atoms with van der Waals surface area (Å²) in [5.74, 6) is -1.14. The van der Waals surface area contributed by atoms with E-state index in [1.165, 1.54) is 0 Å². The number of sulfonamides is 1. The van der Waals surface area contributed by atoms with E-state index < -0.39 is 32.5 Å². The van der Waals surface area contributed by atoms with Crippen molar-refractivity contribution in [2.75, 3.05) is 6.54 Å². The third-order valence-electron chi connectivity index (χ3n) is 2.79. The maximum atomic E-state index is 13.2. The van der Waals surface area contributed by atoms with Crippen molar-refractivity contribution >= 4 is 15.7 Å². The second-order valence-electron chi connectivity index (χ2n) is 4.58. The van der Waals surface area contributed by atoms with E-state index in [1.807, 2.05) is 0 Å². The first-order valence-corrected chi connectivity index (χ1v) is 7.33. The van der Waals surface area contributed by atoms with Gasteiger partial charge in [-0.05, 0) is 18.1 Å². The van der Waals surface area contributed by atoms with Gasteiger partial charge in [0, 0.05) is 18.7 Å². The minimum atomic E-state index is -3.99. The zero-order valence-electron chi connectivity index (χ0n) is 11.0. The highest BCUT2D eigenvalue weighted by Crippen LogP contribution is 2.21. The Labute approximate surface area is 116 Å². The van der Waals surface area contributed by atoms with Crippen LogP contribution in [0.5, 0.6) is 0 Å². The molecule has 0 aliphatic heterocycles. The van der Waals surface area contributed by atoms with E-state index in [-0.39, 0.29) is 17.4 Å². The second kappa shape index (κ2) is 6.25. The Balaban J connectivity index is 3.16. The summed E-state index contributed by atoms with van der Waals surface area (Å²) in [6, 6.07) is 1.90. The maximum Gasteiger partial charge on any atom is 0.306 e. The standard InChI is InChI=1S/C11H16FN3O4S/c1-7(2)10(6-13)14-20(18,19)8-3-4-9(12)11(5-8)15(16)17/h3-5,7,10,14H,6,13H2,1-2H3. The number of benzene rings is 1. The van der Waals surface area contributed by atoms with Crippen LogP contribution < -0.4 is 10.5 Å². The maximum absolute atomic E-state index is 13.2. The van der Waals surface area contributed by atoms with Gasteiger partial charge >= 0.3 is 5.69 Å². The Kier molecular flexibility index (Phi) is 5.15. The average Bonchev–Trinajstić information content (AvgIpc) is 2.35. The third-order valence-corrected chi connectivity index (χ3v) is 4.28. The lowest BCUT2D eigenvalue weighted by Crippen LogP contribution is -2.43. The van der Waals surface area contributed by atoms with Crippen molar-refractivity contribution in [1.29, 1.82) is 0 Å². The summed E-state index contributed by atoms with van der Waals surface area (Å²) in [5.41, 5.74) is 4.58. The van der Waals surface area contributed by atoms with Crippen LogP contribution in [0.15, 0.2) is 23.1 Å². The minimum Gasteiger partial charge on any atom is -0.329 e. The fourth-order valence-electron chi connectivity index (χ4n) is 1.52. The van der Waals surface area contributed by atoms with Gasteiger partial charge < -0.3 is 5.73 Å². The molecular weight excluding hydrogens is 289 g/mol. The highest BCUT2D eigenvalue weighted by atomic mass is 32.2. The summed E-state index contributed by atoms with van der Waals surface area (Å²) in [6.45, 7) is 3.65. The lowest BCUT2D eigenvalue weighted by atomic mass is 10.1. The van der Waals surface area contributed by atoms with Gasteiger partial charge in [0.2, 0.25) is 15.8 Å². The molecule has 9 heteroatoms. The molecule has 0 bridgehead atoms. The fraction of sp³-hybridized carbons (Fsp3) is 0.455. The Bertz CT molecular complexity index is 604. The molecule has 0 aliphatic rings. The third kappa shape index (κ3) is 3.71. The quantitative estimate of drug-likeness (QED) is 0.601. The van der Waals surface area contributed by atoms with Crippen LogP contribution in [0.1, 0.15) is 13.8 Å². The van der Waals surface area contributed by atoms with Crippen molar-refractivity contribution in [3.05, 3.63) is 34.1 Å². The predicted molar refractivity (Wildman–Crippen MR) is 71.1 cm³/mol. The van der Waals surface area contributed by atoms with Crippen LogP contribution in [0.4, 0.5) is 10.1 Å². The van der Waals surface area contributed by atoms with E-state index in [4.69, 9.17) is 5.73 Å². The Morgan fingerprint density at radius 1 is 1.45 bits per heavy atom. The summed E-state index contributed by atoms with van der Waals surface area (Å²) in [5, 5.41) is 10.6. The molecule has 0 saturated carbocycles. The molecule has 1 unspecified atom stereocenters. The molecule has 0 saturated heterocycles. The molecule has 1 atom stereocenters. The number of rotatable bonds is 6. The Morgan fingerprint density at radius 3 is 2.50 bits per heavy atom. The van der Waals surface area contributed by atoms with Gasteiger partial charge in [0.05, 0.1) is 9.82 Å². The number of nitro groups is 1. The molecule has 0 aliphatic carbocycles. The smallest absolute Gasteiger partial charge is 0.306 e. The van der Waals surface area contributed by atoms with Crippen molar-refractivity contribution in [1.82, 2.24) is 4.72 Å². The van der Waals surface area contributed by atoms with Gasteiger partial charge in [0.25, 0.3) is 0 Å². The number of halogens is 1. The van der Waals surface area contributed by atoms with Gasteiger partial charge in [-0.25, -0.2) is 13.1 Å². The molecule has 1 aromatic rings. The zero-order valence-corrected chi connectivity index (χ0v) is 11.9. The molecule has 7 nitrogen and oxygen atoms in total. The number of hydrogen-bond donors (Lipinski definition) is 2. The van der Waals surface area contributed by atoms with Crippen molar-refractivity contribution in [2.45, 2.75) is 24.8 Å². The first-order chi connectivity index (χ1) is 9.19. The summed E-state index contributed by atoms with van der Waals surface area (Å²) < 4.78 is 39.7. The molecule has 1 rings (SSSR count). The molecule has 112 valence electrons. The topological polar surface area (TPSA) is 115 Å². The van der Waals surface area contributed by atoms with Gasteiger partial charge in [-0.3, -0.25) is 10.1 Å². The average molecular weight is 305 g/mol. The van der Waals surface area contributed by atoms with Crippen LogP contribution in [0.3, 0.4) is 0 Å². The van der Waals surface area contributed by atoms with E-state index in [9.17, 15) is 22.9 Å². The van der Waals surface area contributed by atoms with Crippen LogP contribution in [0, 0.1) is 21.8 Å². The van der Waals surface area contributed by atoms with Crippen molar-refractivity contribution in [3.63, 3.8) is 0 Å². The molecule has 0 spiro atoms. The van der Waals surface area contributed by atoms with E-state index in [0.29, 0.717) is 6.07 Å². The molecule has 1 aromatic carbocycles. The molecule has 0 radical (unpaired) electrons. The summed E-state index contributed by atoms with van der Waals surface area (Å²) in [7, 11) is -3.99. The van der Waals surface area contributed by atoms with Crippen molar-refractivity contribution < 1.29 is 17.7 Å². The number of nitrogens with two attached hydrogens (primary N) is 1. The number of nitrogens with one attached hydrogen (secondary N) is 1. The van der Waals surface area contributed by atoms with Crippen LogP contribution in [-0.2, 0) is 10.0 Å². The SMILES string of the molecule is CC(C)C(CN)NS(=O)(=O)c1ccc(F)c([N+](=O)[O-])c1. The van der Waals surface area contributed by atoms with Crippen LogP contribution in [-0.4, -0.2) is 25.9 Å². The Morgan fingerprint density at radius 2 is 2.05 bits per heavy atom. The molecular formula is C11H16FN3O4S. The van der Waals surface area contributed by atoms with Gasteiger partial charge in [-0.2, -0.15) is 4.39 Å². The van der Waals surface area contributed by atoms with E-state index in [1.54, 1.807) is 13.8 Å². The van der Waals surface area contributed by atoms with E-state index >= 15 is 0 Å². The van der Waals surface area contributed by atoms with Gasteiger partial charge in [0.15, 0.2) is 0 Å². The summed E-state index contributed by atoms with van der Waals surface area (Å²) >= 11 is 0. The van der Waals surface area contributed by atoms with E-state index in [0.717, 1.165) is 12.1 Å². The first-order valence-electron chi connectivity index (χ1n) is 5.85. The fourth-order valence-corrected chi connectivity index (χ4v) is 2.94. The largest absolute Gasteiger partial charge is 0.329 e. The highest BCUT2D eigenvalue weighted by molar-refractivity contribution is 7.89. The summed E-state index contributed by atoms with van der Waals surface area (Å²) in [6.07, 6.45) is 0. The number of hydrogen-bond acceptors (Lipinski definition) is 5. The molecule has 0 amide bonds. The number of nitro benzene ring substituents is 1. The van der Waals surface area contributed by atoms with Gasteiger partial charge in [-0.1, -0.05) is 13.8 Å². The van der Waals surface area contributed by atoms with E-state index in [2.05, 4.69) is 4.72 Å².